The van der Waals surface area contributed by atoms with Gasteiger partial charge in [-0.3, -0.25) is 14.3 Å². The van der Waals surface area contributed by atoms with Gasteiger partial charge in [0.15, 0.2) is 5.82 Å². The van der Waals surface area contributed by atoms with Gasteiger partial charge in [0.25, 0.3) is 0 Å². The third-order valence-electron chi connectivity index (χ3n) is 3.55. The number of halogens is 1. The minimum atomic E-state index is -0.141. The second-order valence-electron chi connectivity index (χ2n) is 5.20. The van der Waals surface area contributed by atoms with Crippen LogP contribution in [0, 0.1) is 13.8 Å². The van der Waals surface area contributed by atoms with E-state index in [9.17, 15) is 4.79 Å². The lowest BCUT2D eigenvalue weighted by Crippen LogP contribution is -2.11. The molecule has 0 saturated heterocycles. The molecule has 0 N–H and O–H groups in total. The van der Waals surface area contributed by atoms with E-state index in [-0.39, 0.29) is 11.7 Å². The number of rotatable bonds is 4. The zero-order chi connectivity index (χ0) is 16.4. The highest BCUT2D eigenvalue weighted by Crippen LogP contribution is 2.22. The van der Waals surface area contributed by atoms with E-state index in [2.05, 4.69) is 15.2 Å². The van der Waals surface area contributed by atoms with E-state index in [1.165, 1.54) is 0 Å². The number of hydrogen-bond acceptors (Lipinski definition) is 4. The number of hydrogen-bond donors (Lipinski definition) is 0. The SMILES string of the molecule is Cc1ccc(-n2c(C)nnc2CCl)c(C(=O)c2ccccn2)c1. The molecule has 3 aromatic rings. The van der Waals surface area contributed by atoms with Gasteiger partial charge in [-0.15, -0.1) is 21.8 Å². The normalized spacial score (nSPS) is 10.7. The summed E-state index contributed by atoms with van der Waals surface area (Å²) in [4.78, 5) is 17.0. The molecule has 0 aliphatic rings. The van der Waals surface area contributed by atoms with Crippen LogP contribution in [0.5, 0.6) is 0 Å². The van der Waals surface area contributed by atoms with E-state index < -0.39 is 0 Å². The second kappa shape index (κ2) is 6.30. The molecule has 1 aromatic carbocycles. The number of ketones is 1. The third kappa shape index (κ3) is 2.87. The molecule has 116 valence electrons. The minimum absolute atomic E-state index is 0.141. The van der Waals surface area contributed by atoms with Gasteiger partial charge in [0, 0.05) is 11.8 Å². The molecule has 0 amide bonds. The van der Waals surface area contributed by atoms with Crippen LogP contribution in [0.25, 0.3) is 5.69 Å². The Balaban J connectivity index is 2.20. The lowest BCUT2D eigenvalue weighted by molar-refractivity contribution is 0.103. The summed E-state index contributed by atoms with van der Waals surface area (Å²) in [6.45, 7) is 3.78. The first-order chi connectivity index (χ1) is 11.1. The summed E-state index contributed by atoms with van der Waals surface area (Å²) in [5.74, 6) is 1.35. The Bertz CT molecular complexity index is 858. The Morgan fingerprint density at radius 1 is 1.17 bits per heavy atom. The van der Waals surface area contributed by atoms with Crippen LogP contribution in [0.4, 0.5) is 0 Å². The van der Waals surface area contributed by atoms with Gasteiger partial charge in [0.1, 0.15) is 11.5 Å². The molecule has 0 spiro atoms. The highest BCUT2D eigenvalue weighted by atomic mass is 35.5. The van der Waals surface area contributed by atoms with Gasteiger partial charge in [0.2, 0.25) is 5.78 Å². The molecule has 3 rings (SSSR count). The zero-order valence-corrected chi connectivity index (χ0v) is 13.6. The molecule has 2 aromatic heterocycles. The number of carbonyl (C=O) groups excluding carboxylic acids is 1. The van der Waals surface area contributed by atoms with Gasteiger partial charge in [-0.05, 0) is 38.1 Å². The van der Waals surface area contributed by atoms with Crippen molar-refractivity contribution in [1.82, 2.24) is 19.7 Å². The summed E-state index contributed by atoms with van der Waals surface area (Å²) < 4.78 is 1.81. The fraction of sp³-hybridized carbons (Fsp3) is 0.176. The van der Waals surface area contributed by atoms with Crippen molar-refractivity contribution >= 4 is 17.4 Å². The number of aromatic nitrogens is 4. The van der Waals surface area contributed by atoms with Crippen molar-refractivity contribution in [2.45, 2.75) is 19.7 Å². The number of benzene rings is 1. The molecule has 0 saturated carbocycles. The van der Waals surface area contributed by atoms with Gasteiger partial charge in [-0.25, -0.2) is 0 Å². The molecular formula is C17H15ClN4O. The predicted octanol–water partition coefficient (Wildman–Crippen LogP) is 3.25. The van der Waals surface area contributed by atoms with E-state index in [0.29, 0.717) is 28.6 Å². The fourth-order valence-electron chi connectivity index (χ4n) is 2.47. The first-order valence-corrected chi connectivity index (χ1v) is 7.69. The first kappa shape index (κ1) is 15.4. The Hall–Kier alpha value is -2.53. The molecule has 0 bridgehead atoms. The molecular weight excluding hydrogens is 312 g/mol. The summed E-state index contributed by atoms with van der Waals surface area (Å²) in [5, 5.41) is 8.12. The van der Waals surface area contributed by atoms with Crippen LogP contribution < -0.4 is 0 Å². The smallest absolute Gasteiger partial charge is 0.213 e. The van der Waals surface area contributed by atoms with E-state index in [0.717, 1.165) is 5.56 Å². The first-order valence-electron chi connectivity index (χ1n) is 7.15. The van der Waals surface area contributed by atoms with Crippen LogP contribution in [0.2, 0.25) is 0 Å². The number of nitrogens with zero attached hydrogens (tertiary/aromatic N) is 4. The molecule has 5 nitrogen and oxygen atoms in total. The van der Waals surface area contributed by atoms with Gasteiger partial charge >= 0.3 is 0 Å². The molecule has 2 heterocycles. The molecule has 6 heteroatoms. The number of aryl methyl sites for hydroxylation is 2. The maximum absolute atomic E-state index is 12.9. The van der Waals surface area contributed by atoms with Crippen molar-refractivity contribution < 1.29 is 4.79 Å². The zero-order valence-electron chi connectivity index (χ0n) is 12.8. The van der Waals surface area contributed by atoms with Crippen molar-refractivity contribution in [1.29, 1.82) is 0 Å². The maximum Gasteiger partial charge on any atom is 0.213 e. The Morgan fingerprint density at radius 3 is 2.70 bits per heavy atom. The number of pyridine rings is 1. The van der Waals surface area contributed by atoms with E-state index in [1.807, 2.05) is 36.6 Å². The van der Waals surface area contributed by atoms with Crippen molar-refractivity contribution in [3.8, 4) is 5.69 Å². The van der Waals surface area contributed by atoms with Crippen molar-refractivity contribution in [3.05, 3.63) is 71.1 Å². The maximum atomic E-state index is 12.9. The average molecular weight is 327 g/mol. The summed E-state index contributed by atoms with van der Waals surface area (Å²) in [5.41, 5.74) is 2.66. The van der Waals surface area contributed by atoms with E-state index in [4.69, 9.17) is 11.6 Å². The molecule has 0 aliphatic heterocycles. The van der Waals surface area contributed by atoms with Crippen molar-refractivity contribution in [2.75, 3.05) is 0 Å². The van der Waals surface area contributed by atoms with Crippen LogP contribution in [0.15, 0.2) is 42.6 Å². The van der Waals surface area contributed by atoms with Crippen LogP contribution in [0.3, 0.4) is 0 Å². The van der Waals surface area contributed by atoms with Gasteiger partial charge < -0.3 is 0 Å². The number of carbonyl (C=O) groups is 1. The Labute approximate surface area is 139 Å². The standard InChI is InChI=1S/C17H15ClN4O/c1-11-6-7-15(22-12(2)20-21-16(22)10-18)13(9-11)17(23)14-5-3-4-8-19-14/h3-9H,10H2,1-2H3. The quantitative estimate of drug-likeness (QED) is 0.545. The van der Waals surface area contributed by atoms with Crippen molar-refractivity contribution in [3.63, 3.8) is 0 Å². The van der Waals surface area contributed by atoms with Crippen LogP contribution in [-0.2, 0) is 5.88 Å². The summed E-state index contributed by atoms with van der Waals surface area (Å²) in [7, 11) is 0. The highest BCUT2D eigenvalue weighted by Gasteiger charge is 2.19. The molecule has 0 atom stereocenters. The Morgan fingerprint density at radius 2 is 2.00 bits per heavy atom. The fourth-order valence-corrected chi connectivity index (χ4v) is 2.64. The van der Waals surface area contributed by atoms with Crippen LogP contribution in [0.1, 0.15) is 33.3 Å². The monoisotopic (exact) mass is 326 g/mol. The summed E-state index contributed by atoms with van der Waals surface area (Å²) in [6.07, 6.45) is 1.61. The van der Waals surface area contributed by atoms with Gasteiger partial charge in [0.05, 0.1) is 11.6 Å². The second-order valence-corrected chi connectivity index (χ2v) is 5.46. The molecule has 0 aliphatic carbocycles. The molecule has 0 radical (unpaired) electrons. The highest BCUT2D eigenvalue weighted by molar-refractivity contribution is 6.16. The lowest BCUT2D eigenvalue weighted by Gasteiger charge is -2.13. The molecule has 0 unspecified atom stereocenters. The molecule has 23 heavy (non-hydrogen) atoms. The van der Waals surface area contributed by atoms with Crippen LogP contribution in [-0.4, -0.2) is 25.5 Å². The van der Waals surface area contributed by atoms with Crippen molar-refractivity contribution in [2.24, 2.45) is 0 Å². The van der Waals surface area contributed by atoms with E-state index >= 15 is 0 Å². The largest absolute Gasteiger partial charge is 0.287 e. The third-order valence-corrected chi connectivity index (χ3v) is 3.79. The lowest BCUT2D eigenvalue weighted by atomic mass is 10.0. The Kier molecular flexibility index (Phi) is 4.21. The van der Waals surface area contributed by atoms with Crippen LogP contribution >= 0.6 is 11.6 Å². The minimum Gasteiger partial charge on any atom is -0.287 e. The number of alkyl halides is 1. The van der Waals surface area contributed by atoms with Gasteiger partial charge in [-0.2, -0.15) is 0 Å². The predicted molar refractivity (Wildman–Crippen MR) is 88.1 cm³/mol. The van der Waals surface area contributed by atoms with Gasteiger partial charge in [-0.1, -0.05) is 17.7 Å². The topological polar surface area (TPSA) is 60.7 Å². The molecule has 0 fully saturated rings. The average Bonchev–Trinajstić information content (AvgIpc) is 2.95. The summed E-state index contributed by atoms with van der Waals surface area (Å²) in [6, 6.07) is 11.0. The van der Waals surface area contributed by atoms with E-state index in [1.54, 1.807) is 24.4 Å². The summed E-state index contributed by atoms with van der Waals surface area (Å²) >= 11 is 5.95.